The number of benzene rings is 1. The molecule has 0 amide bonds. The zero-order valence-electron chi connectivity index (χ0n) is 12.2. The zero-order chi connectivity index (χ0) is 15.4. The lowest BCUT2D eigenvalue weighted by molar-refractivity contribution is 0.234. The van der Waals surface area contributed by atoms with Gasteiger partial charge in [0.1, 0.15) is 0 Å². The molecule has 22 heavy (non-hydrogen) atoms. The molecule has 1 aromatic heterocycles. The fourth-order valence-electron chi connectivity index (χ4n) is 2.72. The average Bonchev–Trinajstić information content (AvgIpc) is 2.95. The van der Waals surface area contributed by atoms with E-state index in [9.17, 15) is 8.42 Å². The lowest BCUT2D eigenvalue weighted by Gasteiger charge is -2.25. The van der Waals surface area contributed by atoms with Crippen LogP contribution in [0.2, 0.25) is 0 Å². The first-order chi connectivity index (χ1) is 10.6. The number of rotatable bonds is 5. The first-order valence-electron chi connectivity index (χ1n) is 7.35. The molecule has 6 heteroatoms. The van der Waals surface area contributed by atoms with Crippen molar-refractivity contribution in [1.29, 1.82) is 0 Å². The highest BCUT2D eigenvalue weighted by atomic mass is 32.2. The van der Waals surface area contributed by atoms with Gasteiger partial charge in [-0.2, -0.15) is 4.72 Å². The van der Waals surface area contributed by atoms with Crippen molar-refractivity contribution in [2.24, 2.45) is 0 Å². The van der Waals surface area contributed by atoms with Crippen LogP contribution in [0.5, 0.6) is 0 Å². The molecule has 1 N–H and O–H groups in total. The Hall–Kier alpha value is -1.76. The summed E-state index contributed by atoms with van der Waals surface area (Å²) in [7, 11) is -3.48. The van der Waals surface area contributed by atoms with Gasteiger partial charge in [0.15, 0.2) is 0 Å². The van der Waals surface area contributed by atoms with Crippen molar-refractivity contribution in [3.63, 3.8) is 0 Å². The van der Waals surface area contributed by atoms with Gasteiger partial charge < -0.3 is 0 Å². The van der Waals surface area contributed by atoms with Gasteiger partial charge in [-0.1, -0.05) is 24.3 Å². The Kier molecular flexibility index (Phi) is 4.52. The summed E-state index contributed by atoms with van der Waals surface area (Å²) in [4.78, 5) is 6.57. The highest BCUT2D eigenvalue weighted by molar-refractivity contribution is 7.89. The van der Waals surface area contributed by atoms with Crippen molar-refractivity contribution < 1.29 is 8.42 Å². The average molecular weight is 317 g/mol. The lowest BCUT2D eigenvalue weighted by atomic mass is 10.2. The molecule has 0 aliphatic carbocycles. The summed E-state index contributed by atoms with van der Waals surface area (Å²) in [5, 5.41) is 0. The van der Waals surface area contributed by atoms with Crippen LogP contribution in [-0.2, 0) is 16.6 Å². The predicted molar refractivity (Wildman–Crippen MR) is 84.4 cm³/mol. The van der Waals surface area contributed by atoms with E-state index in [0.29, 0.717) is 11.4 Å². The molecule has 1 aliphatic heterocycles. The molecule has 1 aliphatic rings. The van der Waals surface area contributed by atoms with E-state index in [0.717, 1.165) is 24.9 Å². The summed E-state index contributed by atoms with van der Waals surface area (Å²) in [5.41, 5.74) is 1.09. The summed E-state index contributed by atoms with van der Waals surface area (Å²) >= 11 is 0. The van der Waals surface area contributed by atoms with E-state index in [2.05, 4.69) is 14.6 Å². The molecule has 5 nitrogen and oxygen atoms in total. The van der Waals surface area contributed by atoms with E-state index in [1.807, 2.05) is 24.4 Å². The van der Waals surface area contributed by atoms with Gasteiger partial charge in [0, 0.05) is 25.5 Å². The Morgan fingerprint density at radius 3 is 2.73 bits per heavy atom. The normalized spacial score (nSPS) is 19.4. The van der Waals surface area contributed by atoms with E-state index in [-0.39, 0.29) is 6.17 Å². The maximum absolute atomic E-state index is 12.4. The third kappa shape index (κ3) is 3.52. The summed E-state index contributed by atoms with van der Waals surface area (Å²) < 4.78 is 27.7. The van der Waals surface area contributed by atoms with Gasteiger partial charge in [0.2, 0.25) is 10.0 Å². The first kappa shape index (κ1) is 15.1. The third-order valence-electron chi connectivity index (χ3n) is 3.82. The predicted octanol–water partition coefficient (Wildman–Crippen LogP) is 1.98. The Morgan fingerprint density at radius 2 is 2.00 bits per heavy atom. The Balaban J connectivity index is 1.71. The van der Waals surface area contributed by atoms with E-state index >= 15 is 0 Å². The maximum Gasteiger partial charge on any atom is 0.241 e. The van der Waals surface area contributed by atoms with Crippen LogP contribution in [0.4, 0.5) is 0 Å². The van der Waals surface area contributed by atoms with Crippen LogP contribution in [-0.4, -0.2) is 31.0 Å². The van der Waals surface area contributed by atoms with Gasteiger partial charge in [-0.05, 0) is 36.6 Å². The van der Waals surface area contributed by atoms with E-state index in [4.69, 9.17) is 0 Å². The van der Waals surface area contributed by atoms with Gasteiger partial charge >= 0.3 is 0 Å². The van der Waals surface area contributed by atoms with Gasteiger partial charge in [0.05, 0.1) is 11.1 Å². The van der Waals surface area contributed by atoms with Crippen molar-refractivity contribution in [3.05, 3.63) is 60.4 Å². The SMILES string of the molecule is O=S(=O)(NC1CCCN1Cc1cccnc1)c1ccccc1. The van der Waals surface area contributed by atoms with Crippen LogP contribution in [0, 0.1) is 0 Å². The number of pyridine rings is 1. The van der Waals surface area contributed by atoms with E-state index in [1.165, 1.54) is 0 Å². The minimum atomic E-state index is -3.48. The molecule has 1 saturated heterocycles. The standard InChI is InChI=1S/C16H19N3O2S/c20-22(21,15-7-2-1-3-8-15)18-16-9-5-11-19(16)13-14-6-4-10-17-12-14/h1-4,6-8,10,12,16,18H,5,9,11,13H2. The lowest BCUT2D eigenvalue weighted by Crippen LogP contribution is -2.43. The quantitative estimate of drug-likeness (QED) is 0.916. The number of sulfonamides is 1. The Morgan fingerprint density at radius 1 is 1.18 bits per heavy atom. The molecule has 1 unspecified atom stereocenters. The number of likely N-dealkylation sites (tertiary alicyclic amines) is 1. The number of hydrogen-bond acceptors (Lipinski definition) is 4. The fraction of sp³-hybridized carbons (Fsp3) is 0.312. The van der Waals surface area contributed by atoms with Crippen molar-refractivity contribution in [1.82, 2.24) is 14.6 Å². The van der Waals surface area contributed by atoms with Crippen LogP contribution in [0.25, 0.3) is 0 Å². The molecular weight excluding hydrogens is 298 g/mol. The summed E-state index contributed by atoms with van der Waals surface area (Å²) in [6.07, 6.45) is 5.21. The Bertz CT molecular complexity index is 705. The van der Waals surface area contributed by atoms with Crippen molar-refractivity contribution in [3.8, 4) is 0 Å². The molecular formula is C16H19N3O2S. The van der Waals surface area contributed by atoms with E-state index < -0.39 is 10.0 Å². The van der Waals surface area contributed by atoms with E-state index in [1.54, 1.807) is 30.5 Å². The minimum absolute atomic E-state index is 0.162. The summed E-state index contributed by atoms with van der Waals surface area (Å²) in [5.74, 6) is 0. The zero-order valence-corrected chi connectivity index (χ0v) is 13.0. The summed E-state index contributed by atoms with van der Waals surface area (Å²) in [6, 6.07) is 12.4. The van der Waals surface area contributed by atoms with Crippen LogP contribution in [0.15, 0.2) is 59.8 Å². The largest absolute Gasteiger partial charge is 0.283 e. The van der Waals surface area contributed by atoms with Crippen molar-refractivity contribution in [2.75, 3.05) is 6.54 Å². The highest BCUT2D eigenvalue weighted by Crippen LogP contribution is 2.20. The molecule has 1 aromatic carbocycles. The van der Waals surface area contributed by atoms with Crippen LogP contribution in [0.1, 0.15) is 18.4 Å². The smallest absolute Gasteiger partial charge is 0.241 e. The monoisotopic (exact) mass is 317 g/mol. The molecule has 0 radical (unpaired) electrons. The molecule has 1 fully saturated rings. The molecule has 116 valence electrons. The van der Waals surface area contributed by atoms with Crippen molar-refractivity contribution in [2.45, 2.75) is 30.4 Å². The molecule has 3 rings (SSSR count). The van der Waals surface area contributed by atoms with Gasteiger partial charge in [-0.25, -0.2) is 8.42 Å². The van der Waals surface area contributed by atoms with Crippen molar-refractivity contribution >= 4 is 10.0 Å². The maximum atomic E-state index is 12.4. The van der Waals surface area contributed by atoms with Gasteiger partial charge in [0.25, 0.3) is 0 Å². The van der Waals surface area contributed by atoms with Gasteiger partial charge in [-0.15, -0.1) is 0 Å². The van der Waals surface area contributed by atoms with Gasteiger partial charge in [-0.3, -0.25) is 9.88 Å². The minimum Gasteiger partial charge on any atom is -0.283 e. The van der Waals surface area contributed by atoms with Crippen LogP contribution < -0.4 is 4.72 Å². The molecule has 0 bridgehead atoms. The summed E-state index contributed by atoms with van der Waals surface area (Å²) in [6.45, 7) is 1.59. The molecule has 1 atom stereocenters. The second kappa shape index (κ2) is 6.56. The van der Waals surface area contributed by atoms with Crippen LogP contribution in [0.3, 0.4) is 0 Å². The van der Waals surface area contributed by atoms with Crippen LogP contribution >= 0.6 is 0 Å². The topological polar surface area (TPSA) is 62.3 Å². The number of aromatic nitrogens is 1. The molecule has 0 saturated carbocycles. The third-order valence-corrected chi connectivity index (χ3v) is 5.29. The molecule has 2 heterocycles. The number of hydrogen-bond donors (Lipinski definition) is 1. The number of nitrogens with zero attached hydrogens (tertiary/aromatic N) is 2. The second-order valence-electron chi connectivity index (χ2n) is 5.42. The Labute approximate surface area is 131 Å². The molecule has 0 spiro atoms. The molecule has 2 aromatic rings. The highest BCUT2D eigenvalue weighted by Gasteiger charge is 2.29. The first-order valence-corrected chi connectivity index (χ1v) is 8.84. The fourth-order valence-corrected chi connectivity index (χ4v) is 4.00. The number of nitrogens with one attached hydrogen (secondary N) is 1. The second-order valence-corrected chi connectivity index (χ2v) is 7.14.